The number of hydrazone groups is 1. The third-order valence-electron chi connectivity index (χ3n) is 3.80. The molecular formula is C21H25BrN2O3. The quantitative estimate of drug-likeness (QED) is 0.335. The van der Waals surface area contributed by atoms with Gasteiger partial charge in [0.1, 0.15) is 11.5 Å². The first-order valence-electron chi connectivity index (χ1n) is 9.08. The molecule has 27 heavy (non-hydrogen) atoms. The van der Waals surface area contributed by atoms with Crippen molar-refractivity contribution in [2.75, 3.05) is 13.2 Å². The van der Waals surface area contributed by atoms with Crippen molar-refractivity contribution in [3.8, 4) is 11.5 Å². The van der Waals surface area contributed by atoms with Crippen LogP contribution in [0.15, 0.2) is 52.0 Å². The molecule has 0 saturated carbocycles. The van der Waals surface area contributed by atoms with E-state index in [9.17, 15) is 4.79 Å². The molecule has 0 saturated heterocycles. The van der Waals surface area contributed by atoms with Crippen LogP contribution < -0.4 is 14.9 Å². The van der Waals surface area contributed by atoms with Crippen molar-refractivity contribution in [3.63, 3.8) is 0 Å². The number of carbonyl (C=O) groups is 1. The normalized spacial score (nSPS) is 10.8. The van der Waals surface area contributed by atoms with Crippen LogP contribution >= 0.6 is 15.9 Å². The van der Waals surface area contributed by atoms with E-state index in [1.807, 2.05) is 43.3 Å². The van der Waals surface area contributed by atoms with E-state index in [2.05, 4.69) is 39.4 Å². The van der Waals surface area contributed by atoms with E-state index in [-0.39, 0.29) is 5.91 Å². The van der Waals surface area contributed by atoms with Gasteiger partial charge in [0, 0.05) is 6.42 Å². The number of hydrogen-bond acceptors (Lipinski definition) is 4. The fourth-order valence-corrected chi connectivity index (χ4v) is 2.89. The number of ether oxygens (including phenoxy) is 2. The van der Waals surface area contributed by atoms with Gasteiger partial charge >= 0.3 is 0 Å². The summed E-state index contributed by atoms with van der Waals surface area (Å²) in [7, 11) is 0. The van der Waals surface area contributed by atoms with Gasteiger partial charge < -0.3 is 9.47 Å². The second-order valence-corrected chi connectivity index (χ2v) is 6.72. The Bertz CT molecular complexity index is 761. The average molecular weight is 433 g/mol. The first-order valence-corrected chi connectivity index (χ1v) is 9.87. The second-order valence-electron chi connectivity index (χ2n) is 5.87. The number of carbonyl (C=O) groups excluding carboxylic acids is 1. The summed E-state index contributed by atoms with van der Waals surface area (Å²) in [4.78, 5) is 11.8. The lowest BCUT2D eigenvalue weighted by molar-refractivity contribution is -0.121. The summed E-state index contributed by atoms with van der Waals surface area (Å²) in [5, 5.41) is 3.97. The maximum absolute atomic E-state index is 11.8. The lowest BCUT2D eigenvalue weighted by Gasteiger charge is -2.09. The number of hydrogen-bond donors (Lipinski definition) is 1. The maximum Gasteiger partial charge on any atom is 0.240 e. The second kappa shape index (κ2) is 11.4. The predicted octanol–water partition coefficient (Wildman–Crippen LogP) is 4.72. The molecule has 1 amide bonds. The first-order chi connectivity index (χ1) is 13.1. The smallest absolute Gasteiger partial charge is 0.240 e. The number of aryl methyl sites for hydroxylation is 1. The Morgan fingerprint density at radius 1 is 1.15 bits per heavy atom. The van der Waals surface area contributed by atoms with Crippen molar-refractivity contribution in [2.45, 2.75) is 33.1 Å². The molecule has 0 aliphatic heterocycles. The zero-order valence-electron chi connectivity index (χ0n) is 15.7. The van der Waals surface area contributed by atoms with Crippen LogP contribution in [0.3, 0.4) is 0 Å². The highest BCUT2D eigenvalue weighted by molar-refractivity contribution is 9.10. The van der Waals surface area contributed by atoms with Gasteiger partial charge in [-0.05, 0) is 83.2 Å². The molecule has 6 heteroatoms. The molecule has 0 fully saturated rings. The molecule has 0 unspecified atom stereocenters. The topological polar surface area (TPSA) is 59.9 Å². The predicted molar refractivity (Wildman–Crippen MR) is 112 cm³/mol. The zero-order valence-corrected chi connectivity index (χ0v) is 17.3. The Hall–Kier alpha value is -2.34. The van der Waals surface area contributed by atoms with Gasteiger partial charge in [-0.25, -0.2) is 5.43 Å². The number of nitrogens with zero attached hydrogens (tertiary/aromatic N) is 1. The molecule has 0 aromatic heterocycles. The number of halogens is 1. The van der Waals surface area contributed by atoms with Gasteiger partial charge in [0.05, 0.1) is 23.9 Å². The van der Waals surface area contributed by atoms with Crippen LogP contribution in [0.2, 0.25) is 0 Å². The summed E-state index contributed by atoms with van der Waals surface area (Å²) in [5.74, 6) is 1.47. The van der Waals surface area contributed by atoms with Gasteiger partial charge in [-0.2, -0.15) is 5.10 Å². The van der Waals surface area contributed by atoms with Crippen LogP contribution in [-0.4, -0.2) is 25.3 Å². The van der Waals surface area contributed by atoms with Gasteiger partial charge in [-0.1, -0.05) is 13.0 Å². The molecule has 2 aromatic carbocycles. The molecule has 0 heterocycles. The first kappa shape index (κ1) is 21.0. The molecule has 0 spiro atoms. The number of amides is 1. The van der Waals surface area contributed by atoms with E-state index < -0.39 is 0 Å². The minimum Gasteiger partial charge on any atom is -0.494 e. The van der Waals surface area contributed by atoms with Crippen LogP contribution in [-0.2, 0) is 11.2 Å². The van der Waals surface area contributed by atoms with Crippen molar-refractivity contribution in [2.24, 2.45) is 5.10 Å². The summed E-state index contributed by atoms with van der Waals surface area (Å²) in [6.45, 7) is 5.16. The Morgan fingerprint density at radius 2 is 1.93 bits per heavy atom. The van der Waals surface area contributed by atoms with Crippen molar-refractivity contribution >= 4 is 28.1 Å². The monoisotopic (exact) mass is 432 g/mol. The summed E-state index contributed by atoms with van der Waals surface area (Å²) < 4.78 is 12.0. The van der Waals surface area contributed by atoms with Crippen LogP contribution in [0, 0.1) is 0 Å². The fourth-order valence-electron chi connectivity index (χ4n) is 2.35. The SMILES string of the molecule is CCOc1ccc(/C=N/NC(=O)CCCOc2ccc(CC)cc2Br)cc1. The standard InChI is InChI=1S/C21H25BrN2O3/c1-3-16-9-12-20(19(22)14-16)27-13-5-6-21(25)24-23-15-17-7-10-18(11-8-17)26-4-2/h7-12,14-15H,3-6,13H2,1-2H3,(H,24,25)/b23-15+. The summed E-state index contributed by atoms with van der Waals surface area (Å²) in [5.41, 5.74) is 4.67. The molecule has 0 radical (unpaired) electrons. The third kappa shape index (κ3) is 7.43. The zero-order chi connectivity index (χ0) is 19.5. The molecule has 0 bridgehead atoms. The lowest BCUT2D eigenvalue weighted by atomic mass is 10.2. The van der Waals surface area contributed by atoms with E-state index in [1.54, 1.807) is 6.21 Å². The summed E-state index contributed by atoms with van der Waals surface area (Å²) in [6, 6.07) is 13.6. The molecule has 2 aromatic rings. The van der Waals surface area contributed by atoms with Crippen LogP contribution in [0.25, 0.3) is 0 Å². The molecule has 5 nitrogen and oxygen atoms in total. The highest BCUT2D eigenvalue weighted by Gasteiger charge is 2.04. The third-order valence-corrected chi connectivity index (χ3v) is 4.42. The van der Waals surface area contributed by atoms with Crippen molar-refractivity contribution < 1.29 is 14.3 Å². The van der Waals surface area contributed by atoms with Crippen molar-refractivity contribution in [1.82, 2.24) is 5.43 Å². The van der Waals surface area contributed by atoms with Gasteiger partial charge in [-0.15, -0.1) is 0 Å². The summed E-state index contributed by atoms with van der Waals surface area (Å²) in [6.07, 6.45) is 3.56. The van der Waals surface area contributed by atoms with Gasteiger partial charge in [-0.3, -0.25) is 4.79 Å². The minimum absolute atomic E-state index is 0.138. The van der Waals surface area contributed by atoms with Crippen LogP contribution in [0.1, 0.15) is 37.8 Å². The molecule has 2 rings (SSSR count). The molecule has 0 aliphatic rings. The maximum atomic E-state index is 11.8. The highest BCUT2D eigenvalue weighted by Crippen LogP contribution is 2.26. The molecular weight excluding hydrogens is 408 g/mol. The van der Waals surface area contributed by atoms with Gasteiger partial charge in [0.15, 0.2) is 0 Å². The van der Waals surface area contributed by atoms with E-state index in [0.29, 0.717) is 26.1 Å². The average Bonchev–Trinajstić information content (AvgIpc) is 2.67. The van der Waals surface area contributed by atoms with Crippen LogP contribution in [0.5, 0.6) is 11.5 Å². The minimum atomic E-state index is -0.138. The van der Waals surface area contributed by atoms with E-state index >= 15 is 0 Å². The fraction of sp³-hybridized carbons (Fsp3) is 0.333. The number of benzene rings is 2. The summed E-state index contributed by atoms with van der Waals surface area (Å²) >= 11 is 3.51. The lowest BCUT2D eigenvalue weighted by Crippen LogP contribution is -2.18. The molecule has 0 atom stereocenters. The molecule has 1 N–H and O–H groups in total. The van der Waals surface area contributed by atoms with Gasteiger partial charge in [0.2, 0.25) is 5.91 Å². The Kier molecular flexibility index (Phi) is 8.84. The number of nitrogens with one attached hydrogen (secondary N) is 1. The largest absolute Gasteiger partial charge is 0.494 e. The van der Waals surface area contributed by atoms with E-state index in [0.717, 1.165) is 28.0 Å². The highest BCUT2D eigenvalue weighted by atomic mass is 79.9. The molecule has 0 aliphatic carbocycles. The Morgan fingerprint density at radius 3 is 2.59 bits per heavy atom. The van der Waals surface area contributed by atoms with E-state index in [4.69, 9.17) is 9.47 Å². The van der Waals surface area contributed by atoms with Crippen LogP contribution in [0.4, 0.5) is 0 Å². The van der Waals surface area contributed by atoms with E-state index in [1.165, 1.54) is 5.56 Å². The van der Waals surface area contributed by atoms with Gasteiger partial charge in [0.25, 0.3) is 0 Å². The Balaban J connectivity index is 1.67. The van der Waals surface area contributed by atoms with Crippen molar-refractivity contribution in [1.29, 1.82) is 0 Å². The number of rotatable bonds is 10. The molecule has 144 valence electrons. The van der Waals surface area contributed by atoms with Crippen molar-refractivity contribution in [3.05, 3.63) is 58.1 Å². The Labute approximate surface area is 168 Å².